The van der Waals surface area contributed by atoms with Crippen LogP contribution in [0.3, 0.4) is 0 Å². The molecule has 0 amide bonds. The van der Waals surface area contributed by atoms with Gasteiger partial charge in [-0.3, -0.25) is 4.79 Å². The van der Waals surface area contributed by atoms with Crippen LogP contribution in [0.1, 0.15) is 25.7 Å². The monoisotopic (exact) mass is 417 g/mol. The van der Waals surface area contributed by atoms with Crippen LogP contribution in [0.4, 0.5) is 0 Å². The molecule has 31 heavy (non-hydrogen) atoms. The number of aryl methyl sites for hydroxylation is 1. The Morgan fingerprint density at radius 2 is 1.74 bits per heavy atom. The number of ether oxygens (including phenoxy) is 2. The third-order valence-corrected chi connectivity index (χ3v) is 5.17. The van der Waals surface area contributed by atoms with E-state index in [9.17, 15) is 4.79 Å². The van der Waals surface area contributed by atoms with E-state index in [1.54, 1.807) is 0 Å². The van der Waals surface area contributed by atoms with Gasteiger partial charge in [0.15, 0.2) is 5.78 Å². The molecule has 1 aromatic heterocycles. The Kier molecular flexibility index (Phi) is 8.68. The highest BCUT2D eigenvalue weighted by molar-refractivity contribution is 5.90. The normalized spacial score (nSPS) is 11.3. The SMILES string of the molecule is C=CC(=O)COCCC/C=C/CCCOc1ccc2cc(-c3ccccc3)n(C)c2c1. The molecule has 0 aliphatic heterocycles. The molecule has 0 aliphatic carbocycles. The van der Waals surface area contributed by atoms with Crippen molar-refractivity contribution in [2.75, 3.05) is 19.8 Å². The van der Waals surface area contributed by atoms with Gasteiger partial charge in [-0.15, -0.1) is 0 Å². The van der Waals surface area contributed by atoms with Crippen LogP contribution in [0.15, 0.2) is 79.4 Å². The molecule has 4 nitrogen and oxygen atoms in total. The Morgan fingerprint density at radius 3 is 2.48 bits per heavy atom. The quantitative estimate of drug-likeness (QED) is 0.191. The van der Waals surface area contributed by atoms with Crippen LogP contribution in [0.25, 0.3) is 22.2 Å². The van der Waals surface area contributed by atoms with E-state index in [2.05, 4.69) is 72.8 Å². The first kappa shape index (κ1) is 22.6. The summed E-state index contributed by atoms with van der Waals surface area (Å²) in [5.74, 6) is 0.835. The van der Waals surface area contributed by atoms with Crippen molar-refractivity contribution < 1.29 is 14.3 Å². The predicted octanol–water partition coefficient (Wildman–Crippen LogP) is 6.11. The number of unbranched alkanes of at least 4 members (excludes halogenated alkanes) is 2. The third-order valence-electron chi connectivity index (χ3n) is 5.17. The second kappa shape index (κ2) is 11.9. The Morgan fingerprint density at radius 1 is 1.00 bits per heavy atom. The molecular formula is C27H31NO3. The summed E-state index contributed by atoms with van der Waals surface area (Å²) < 4.78 is 13.5. The van der Waals surface area contributed by atoms with Crippen LogP contribution < -0.4 is 4.74 Å². The second-order valence-electron chi connectivity index (χ2n) is 7.50. The Labute approximate surface area is 184 Å². The summed E-state index contributed by atoms with van der Waals surface area (Å²) >= 11 is 0. The summed E-state index contributed by atoms with van der Waals surface area (Å²) in [6.07, 6.45) is 9.48. The van der Waals surface area contributed by atoms with E-state index in [4.69, 9.17) is 9.47 Å². The molecular weight excluding hydrogens is 386 g/mol. The van der Waals surface area contributed by atoms with Crippen LogP contribution in [0.5, 0.6) is 5.75 Å². The van der Waals surface area contributed by atoms with Gasteiger partial charge in [0.05, 0.1) is 12.1 Å². The Balaban J connectivity index is 1.39. The number of ketones is 1. The lowest BCUT2D eigenvalue weighted by atomic mass is 10.1. The number of carbonyl (C=O) groups excluding carboxylic acids is 1. The van der Waals surface area contributed by atoms with Gasteiger partial charge in [-0.05, 0) is 55.5 Å². The second-order valence-corrected chi connectivity index (χ2v) is 7.50. The molecule has 3 aromatic rings. The van der Waals surface area contributed by atoms with Gasteiger partial charge in [0.1, 0.15) is 12.4 Å². The molecule has 0 radical (unpaired) electrons. The fourth-order valence-corrected chi connectivity index (χ4v) is 3.45. The number of allylic oxidation sites excluding steroid dienone is 2. The standard InChI is InChI=1S/C27H31NO3/c1-3-24(29)21-30-17-11-6-4-5-7-12-18-31-25-16-15-23-19-26(28(2)27(23)20-25)22-13-9-8-10-14-22/h3-5,8-10,13-16,19-20H,1,6-7,11-12,17-18,21H2,2H3/b5-4+. The minimum Gasteiger partial charge on any atom is -0.494 e. The average molecular weight is 418 g/mol. The Bertz CT molecular complexity index is 1020. The molecule has 0 saturated heterocycles. The summed E-state index contributed by atoms with van der Waals surface area (Å²) in [5.41, 5.74) is 3.59. The van der Waals surface area contributed by atoms with Crippen LogP contribution in [0.2, 0.25) is 0 Å². The number of nitrogens with zero attached hydrogens (tertiary/aromatic N) is 1. The third kappa shape index (κ3) is 6.69. The zero-order valence-electron chi connectivity index (χ0n) is 18.3. The molecule has 0 bridgehead atoms. The van der Waals surface area contributed by atoms with E-state index in [0.29, 0.717) is 13.2 Å². The van der Waals surface area contributed by atoms with E-state index in [1.807, 2.05) is 12.1 Å². The summed E-state index contributed by atoms with van der Waals surface area (Å²) in [6.45, 7) is 4.84. The number of benzene rings is 2. The van der Waals surface area contributed by atoms with Crippen molar-refractivity contribution in [1.82, 2.24) is 4.57 Å². The van der Waals surface area contributed by atoms with Crippen molar-refractivity contribution in [2.45, 2.75) is 25.7 Å². The molecule has 4 heteroatoms. The molecule has 1 heterocycles. The topological polar surface area (TPSA) is 40.5 Å². The first-order valence-electron chi connectivity index (χ1n) is 10.8. The maximum Gasteiger partial charge on any atom is 0.180 e. The van der Waals surface area contributed by atoms with Crippen molar-refractivity contribution in [1.29, 1.82) is 0 Å². The van der Waals surface area contributed by atoms with Gasteiger partial charge in [0, 0.05) is 30.8 Å². The van der Waals surface area contributed by atoms with Crippen molar-refractivity contribution in [3.63, 3.8) is 0 Å². The predicted molar refractivity (Wildman–Crippen MR) is 127 cm³/mol. The molecule has 0 unspecified atom stereocenters. The van der Waals surface area contributed by atoms with Crippen LogP contribution in [-0.4, -0.2) is 30.2 Å². The molecule has 0 N–H and O–H groups in total. The highest BCUT2D eigenvalue weighted by atomic mass is 16.5. The van der Waals surface area contributed by atoms with E-state index in [1.165, 1.54) is 28.2 Å². The average Bonchev–Trinajstić information content (AvgIpc) is 3.13. The van der Waals surface area contributed by atoms with Gasteiger partial charge in [0.25, 0.3) is 0 Å². The van der Waals surface area contributed by atoms with Crippen molar-refractivity contribution in [3.8, 4) is 17.0 Å². The fourth-order valence-electron chi connectivity index (χ4n) is 3.45. The minimum absolute atomic E-state index is 0.0709. The maximum atomic E-state index is 11.0. The van der Waals surface area contributed by atoms with Gasteiger partial charge < -0.3 is 14.0 Å². The van der Waals surface area contributed by atoms with Crippen LogP contribution in [-0.2, 0) is 16.6 Å². The van der Waals surface area contributed by atoms with Gasteiger partial charge in [-0.1, -0.05) is 49.1 Å². The van der Waals surface area contributed by atoms with E-state index in [0.717, 1.165) is 31.4 Å². The smallest absolute Gasteiger partial charge is 0.180 e. The fraction of sp³-hybridized carbons (Fsp3) is 0.296. The lowest BCUT2D eigenvalue weighted by molar-refractivity contribution is -0.118. The van der Waals surface area contributed by atoms with Crippen molar-refractivity contribution in [2.24, 2.45) is 7.05 Å². The molecule has 0 saturated carbocycles. The van der Waals surface area contributed by atoms with Gasteiger partial charge >= 0.3 is 0 Å². The highest BCUT2D eigenvalue weighted by Gasteiger charge is 2.08. The molecule has 0 aliphatic rings. The number of aromatic nitrogens is 1. The first-order chi connectivity index (χ1) is 15.2. The van der Waals surface area contributed by atoms with E-state index in [-0.39, 0.29) is 12.4 Å². The van der Waals surface area contributed by atoms with Gasteiger partial charge in [-0.25, -0.2) is 0 Å². The van der Waals surface area contributed by atoms with Crippen molar-refractivity contribution >= 4 is 16.7 Å². The maximum absolute atomic E-state index is 11.0. The zero-order chi connectivity index (χ0) is 21.9. The number of fused-ring (bicyclic) bond motifs is 1. The largest absolute Gasteiger partial charge is 0.494 e. The molecule has 162 valence electrons. The highest BCUT2D eigenvalue weighted by Crippen LogP contribution is 2.29. The van der Waals surface area contributed by atoms with Crippen LogP contribution >= 0.6 is 0 Å². The summed E-state index contributed by atoms with van der Waals surface area (Å²) in [5, 5.41) is 1.22. The lowest BCUT2D eigenvalue weighted by Gasteiger charge is -2.07. The molecule has 0 atom stereocenters. The Hall–Kier alpha value is -3.11. The molecule has 3 rings (SSSR count). The van der Waals surface area contributed by atoms with Crippen molar-refractivity contribution in [3.05, 3.63) is 79.4 Å². The lowest BCUT2D eigenvalue weighted by Crippen LogP contribution is -2.05. The number of hydrogen-bond acceptors (Lipinski definition) is 3. The summed E-state index contributed by atoms with van der Waals surface area (Å²) in [6, 6.07) is 19.0. The number of rotatable bonds is 13. The molecule has 0 spiro atoms. The number of hydrogen-bond donors (Lipinski definition) is 0. The van der Waals surface area contributed by atoms with E-state index < -0.39 is 0 Å². The molecule has 0 fully saturated rings. The number of carbonyl (C=O) groups is 1. The first-order valence-corrected chi connectivity index (χ1v) is 10.8. The van der Waals surface area contributed by atoms with Gasteiger partial charge in [0.2, 0.25) is 0 Å². The van der Waals surface area contributed by atoms with E-state index >= 15 is 0 Å². The molecule has 2 aromatic carbocycles. The van der Waals surface area contributed by atoms with Crippen LogP contribution in [0, 0.1) is 0 Å². The van der Waals surface area contributed by atoms with Gasteiger partial charge in [-0.2, -0.15) is 0 Å². The summed E-state index contributed by atoms with van der Waals surface area (Å²) in [7, 11) is 2.10. The summed E-state index contributed by atoms with van der Waals surface area (Å²) in [4.78, 5) is 11.0. The zero-order valence-corrected chi connectivity index (χ0v) is 18.3. The minimum atomic E-state index is -0.0709.